The van der Waals surface area contributed by atoms with Crippen molar-refractivity contribution in [2.75, 3.05) is 18.0 Å². The molecule has 0 atom stereocenters. The molecule has 1 aromatic carbocycles. The quantitative estimate of drug-likeness (QED) is 0.615. The van der Waals surface area contributed by atoms with E-state index in [9.17, 15) is 20.0 Å². The van der Waals surface area contributed by atoms with Gasteiger partial charge >= 0.3 is 5.97 Å². The summed E-state index contributed by atoms with van der Waals surface area (Å²) in [7, 11) is 0. The SMILES string of the molecule is CC(C)CN(CC(C)C)c1ccc([N+](=O)[O-])cc1C(=O)O. The smallest absolute Gasteiger partial charge is 0.338 e. The van der Waals surface area contributed by atoms with Gasteiger partial charge in [0.1, 0.15) is 0 Å². The van der Waals surface area contributed by atoms with Gasteiger partial charge in [0.2, 0.25) is 0 Å². The van der Waals surface area contributed by atoms with Crippen molar-refractivity contribution in [3.8, 4) is 0 Å². The minimum Gasteiger partial charge on any atom is -0.478 e. The first kappa shape index (κ1) is 16.9. The van der Waals surface area contributed by atoms with Crippen LogP contribution in [0.2, 0.25) is 0 Å². The van der Waals surface area contributed by atoms with Gasteiger partial charge in [-0.1, -0.05) is 27.7 Å². The Labute approximate surface area is 124 Å². The van der Waals surface area contributed by atoms with E-state index < -0.39 is 10.9 Å². The van der Waals surface area contributed by atoms with Gasteiger partial charge in [-0.25, -0.2) is 4.79 Å². The van der Waals surface area contributed by atoms with Crippen molar-refractivity contribution in [2.45, 2.75) is 27.7 Å². The number of hydrogen-bond acceptors (Lipinski definition) is 4. The minimum atomic E-state index is -1.15. The average molecular weight is 294 g/mol. The summed E-state index contributed by atoms with van der Waals surface area (Å²) in [5.74, 6) is -0.424. The van der Waals surface area contributed by atoms with Crippen molar-refractivity contribution in [1.82, 2.24) is 0 Å². The van der Waals surface area contributed by atoms with Crippen LogP contribution in [0.3, 0.4) is 0 Å². The Kier molecular flexibility index (Phi) is 5.69. The fraction of sp³-hybridized carbons (Fsp3) is 0.533. The van der Waals surface area contributed by atoms with Crippen LogP contribution in [0.5, 0.6) is 0 Å². The number of nitro groups is 1. The molecule has 0 heterocycles. The van der Waals surface area contributed by atoms with Gasteiger partial charge in [0.05, 0.1) is 16.2 Å². The zero-order chi connectivity index (χ0) is 16.2. The molecule has 0 unspecified atom stereocenters. The lowest BCUT2D eigenvalue weighted by atomic mass is 10.1. The van der Waals surface area contributed by atoms with Gasteiger partial charge in [-0.3, -0.25) is 10.1 Å². The summed E-state index contributed by atoms with van der Waals surface area (Å²) in [6, 6.07) is 4.02. The van der Waals surface area contributed by atoms with Crippen molar-refractivity contribution in [3.63, 3.8) is 0 Å². The number of nitro benzene ring substituents is 1. The molecule has 0 aliphatic heterocycles. The molecule has 0 saturated heterocycles. The fourth-order valence-electron chi connectivity index (χ4n) is 2.24. The summed E-state index contributed by atoms with van der Waals surface area (Å²) in [6.07, 6.45) is 0. The molecule has 6 heteroatoms. The van der Waals surface area contributed by atoms with Gasteiger partial charge in [-0.15, -0.1) is 0 Å². The van der Waals surface area contributed by atoms with E-state index in [1.165, 1.54) is 12.1 Å². The van der Waals surface area contributed by atoms with E-state index in [2.05, 4.69) is 27.7 Å². The monoisotopic (exact) mass is 294 g/mol. The zero-order valence-electron chi connectivity index (χ0n) is 12.9. The normalized spacial score (nSPS) is 11.0. The molecule has 1 aromatic rings. The van der Waals surface area contributed by atoms with Crippen LogP contribution in [0.25, 0.3) is 0 Å². The number of non-ortho nitro benzene ring substituents is 1. The molecule has 116 valence electrons. The highest BCUT2D eigenvalue weighted by atomic mass is 16.6. The van der Waals surface area contributed by atoms with Crippen molar-refractivity contribution in [1.29, 1.82) is 0 Å². The molecule has 21 heavy (non-hydrogen) atoms. The first-order valence-electron chi connectivity index (χ1n) is 6.99. The van der Waals surface area contributed by atoms with E-state index in [0.717, 1.165) is 6.07 Å². The van der Waals surface area contributed by atoms with Crippen molar-refractivity contribution in [2.24, 2.45) is 11.8 Å². The molecule has 0 fully saturated rings. The maximum Gasteiger partial charge on any atom is 0.338 e. The number of benzene rings is 1. The summed E-state index contributed by atoms with van der Waals surface area (Å²) >= 11 is 0. The molecular weight excluding hydrogens is 272 g/mol. The molecule has 0 radical (unpaired) electrons. The molecule has 0 bridgehead atoms. The van der Waals surface area contributed by atoms with Crippen LogP contribution in [-0.4, -0.2) is 29.1 Å². The second-order valence-corrected chi connectivity index (χ2v) is 5.96. The molecule has 6 nitrogen and oxygen atoms in total. The Bertz CT molecular complexity index is 516. The van der Waals surface area contributed by atoms with Crippen LogP contribution in [0.4, 0.5) is 11.4 Å². The summed E-state index contributed by atoms with van der Waals surface area (Å²) in [5.41, 5.74) is 0.311. The van der Waals surface area contributed by atoms with E-state index in [-0.39, 0.29) is 11.3 Å². The molecule has 1 rings (SSSR count). The van der Waals surface area contributed by atoms with Gasteiger partial charge < -0.3 is 10.0 Å². The van der Waals surface area contributed by atoms with Gasteiger partial charge in [-0.2, -0.15) is 0 Å². The molecule has 1 N–H and O–H groups in total. The number of carboxylic acid groups (broad SMARTS) is 1. The number of rotatable bonds is 7. The van der Waals surface area contributed by atoms with E-state index in [0.29, 0.717) is 30.6 Å². The van der Waals surface area contributed by atoms with Crippen LogP contribution in [0.1, 0.15) is 38.1 Å². The lowest BCUT2D eigenvalue weighted by molar-refractivity contribution is -0.384. The molecule has 0 aromatic heterocycles. The zero-order valence-corrected chi connectivity index (χ0v) is 12.9. The number of anilines is 1. The number of carbonyl (C=O) groups is 1. The van der Waals surface area contributed by atoms with E-state index in [1.807, 2.05) is 4.90 Å². The predicted octanol–water partition coefficient (Wildman–Crippen LogP) is 3.41. The van der Waals surface area contributed by atoms with Gasteiger partial charge in [0, 0.05) is 25.2 Å². The largest absolute Gasteiger partial charge is 0.478 e. The topological polar surface area (TPSA) is 83.7 Å². The maximum atomic E-state index is 11.4. The van der Waals surface area contributed by atoms with Crippen LogP contribution in [0, 0.1) is 22.0 Å². The van der Waals surface area contributed by atoms with Crippen molar-refractivity contribution >= 4 is 17.3 Å². The summed E-state index contributed by atoms with van der Waals surface area (Å²) in [6.45, 7) is 9.63. The van der Waals surface area contributed by atoms with Crippen molar-refractivity contribution in [3.05, 3.63) is 33.9 Å². The van der Waals surface area contributed by atoms with E-state index in [1.54, 1.807) is 0 Å². The number of hydrogen-bond donors (Lipinski definition) is 1. The Morgan fingerprint density at radius 1 is 1.24 bits per heavy atom. The fourth-order valence-corrected chi connectivity index (χ4v) is 2.24. The Balaban J connectivity index is 3.28. The van der Waals surface area contributed by atoms with Crippen LogP contribution in [-0.2, 0) is 0 Å². The second kappa shape index (κ2) is 7.06. The summed E-state index contributed by atoms with van der Waals surface area (Å²) in [4.78, 5) is 23.6. The maximum absolute atomic E-state index is 11.4. The first-order chi connectivity index (χ1) is 9.72. The summed E-state index contributed by atoms with van der Waals surface area (Å²) < 4.78 is 0. The van der Waals surface area contributed by atoms with Gasteiger partial charge in [0.15, 0.2) is 0 Å². The highest BCUT2D eigenvalue weighted by Crippen LogP contribution is 2.27. The van der Waals surface area contributed by atoms with Crippen LogP contribution in [0.15, 0.2) is 18.2 Å². The van der Waals surface area contributed by atoms with Gasteiger partial charge in [0.25, 0.3) is 5.69 Å². The highest BCUT2D eigenvalue weighted by Gasteiger charge is 2.21. The van der Waals surface area contributed by atoms with Crippen LogP contribution >= 0.6 is 0 Å². The molecule has 0 spiro atoms. The standard InChI is InChI=1S/C15H22N2O4/c1-10(2)8-16(9-11(3)4)14-6-5-12(17(20)21)7-13(14)15(18)19/h5-7,10-11H,8-9H2,1-4H3,(H,18,19). The lowest BCUT2D eigenvalue weighted by Gasteiger charge is -2.29. The third kappa shape index (κ3) is 4.73. The van der Waals surface area contributed by atoms with E-state index >= 15 is 0 Å². The highest BCUT2D eigenvalue weighted by molar-refractivity contribution is 5.95. The predicted molar refractivity (Wildman–Crippen MR) is 81.9 cm³/mol. The number of nitrogens with zero attached hydrogens (tertiary/aromatic N) is 2. The third-order valence-electron chi connectivity index (χ3n) is 2.93. The van der Waals surface area contributed by atoms with Crippen LogP contribution < -0.4 is 4.90 Å². The van der Waals surface area contributed by atoms with Gasteiger partial charge in [-0.05, 0) is 17.9 Å². The Morgan fingerprint density at radius 2 is 1.76 bits per heavy atom. The summed E-state index contributed by atoms with van der Waals surface area (Å²) in [5, 5.41) is 20.2. The van der Waals surface area contributed by atoms with E-state index in [4.69, 9.17) is 0 Å². The van der Waals surface area contributed by atoms with Crippen molar-refractivity contribution < 1.29 is 14.8 Å². The molecule has 0 saturated carbocycles. The molecule has 0 amide bonds. The third-order valence-corrected chi connectivity index (χ3v) is 2.93. The molecular formula is C15H22N2O4. The Morgan fingerprint density at radius 3 is 2.14 bits per heavy atom. The molecule has 0 aliphatic rings. The first-order valence-corrected chi connectivity index (χ1v) is 6.99. The lowest BCUT2D eigenvalue weighted by Crippen LogP contribution is -2.32. The minimum absolute atomic E-state index is 0.0227. The second-order valence-electron chi connectivity index (χ2n) is 5.96. The number of carboxylic acids is 1. The average Bonchev–Trinajstić information content (AvgIpc) is 2.35. The number of aromatic carboxylic acids is 1. The Hall–Kier alpha value is -2.11. The molecule has 0 aliphatic carbocycles.